The lowest BCUT2D eigenvalue weighted by Crippen LogP contribution is -2.33. The van der Waals surface area contributed by atoms with Crippen LogP contribution < -0.4 is 20.3 Å². The molecule has 0 atom stereocenters. The predicted octanol–water partition coefficient (Wildman–Crippen LogP) is 7.10. The summed E-state index contributed by atoms with van der Waals surface area (Å²) in [6.45, 7) is 10.9. The van der Waals surface area contributed by atoms with Crippen molar-refractivity contribution >= 4 is 40.1 Å². The molecule has 1 aliphatic rings. The molecule has 0 saturated heterocycles. The first-order valence-corrected chi connectivity index (χ1v) is 16.2. The number of nitrogens with zero attached hydrogens (tertiary/aromatic N) is 2. The Kier molecular flexibility index (Phi) is 10.1. The summed E-state index contributed by atoms with van der Waals surface area (Å²) in [7, 11) is 0. The van der Waals surface area contributed by atoms with Crippen molar-refractivity contribution in [3.8, 4) is 17.0 Å². The molecular formula is C36H40N4O5S. The van der Waals surface area contributed by atoms with Crippen LogP contribution in [0.1, 0.15) is 59.1 Å². The molecule has 2 heterocycles. The number of ether oxygens (including phenoxy) is 2. The van der Waals surface area contributed by atoms with Gasteiger partial charge in [-0.1, -0.05) is 36.4 Å². The van der Waals surface area contributed by atoms with Crippen molar-refractivity contribution in [3.05, 3.63) is 93.9 Å². The zero-order valence-corrected chi connectivity index (χ0v) is 27.8. The van der Waals surface area contributed by atoms with E-state index >= 15 is 0 Å². The highest BCUT2D eigenvalue weighted by Gasteiger charge is 2.27. The third-order valence-corrected chi connectivity index (χ3v) is 8.32. The number of aromatic nitrogens is 1. The molecule has 3 aromatic carbocycles. The van der Waals surface area contributed by atoms with E-state index in [4.69, 9.17) is 14.5 Å². The Morgan fingerprint density at radius 2 is 1.80 bits per heavy atom. The number of hydrogen-bond donors (Lipinski definition) is 2. The topological polar surface area (TPSA) is 110 Å². The van der Waals surface area contributed by atoms with E-state index < -0.39 is 11.7 Å². The number of nitrogens with one attached hydrogen (secondary N) is 2. The fraction of sp³-hybridized carbons (Fsp3) is 0.333. The van der Waals surface area contributed by atoms with Gasteiger partial charge in [0.25, 0.3) is 5.91 Å². The van der Waals surface area contributed by atoms with Gasteiger partial charge in [0, 0.05) is 34.8 Å². The Balaban J connectivity index is 1.14. The van der Waals surface area contributed by atoms with Crippen molar-refractivity contribution in [2.75, 3.05) is 29.9 Å². The second kappa shape index (κ2) is 14.2. The highest BCUT2D eigenvalue weighted by atomic mass is 32.1. The number of carbonyl (C=O) groups excluding carboxylic acids is 3. The van der Waals surface area contributed by atoms with Gasteiger partial charge in [0.2, 0.25) is 5.91 Å². The summed E-state index contributed by atoms with van der Waals surface area (Å²) in [5.41, 5.74) is 5.80. The fourth-order valence-corrected chi connectivity index (χ4v) is 6.15. The van der Waals surface area contributed by atoms with E-state index in [-0.39, 0.29) is 18.2 Å². The number of hydrogen-bond acceptors (Lipinski definition) is 7. The first-order valence-electron chi connectivity index (χ1n) is 15.4. The Hall–Kier alpha value is -4.70. The highest BCUT2D eigenvalue weighted by molar-refractivity contribution is 7.16. The number of fused-ring (bicyclic) bond motifs is 1. The number of carbonyl (C=O) groups is 3. The summed E-state index contributed by atoms with van der Waals surface area (Å²) in [4.78, 5) is 45.6. The van der Waals surface area contributed by atoms with E-state index in [2.05, 4.69) is 16.7 Å². The lowest BCUT2D eigenvalue weighted by atomic mass is 10.0. The van der Waals surface area contributed by atoms with E-state index in [9.17, 15) is 14.4 Å². The standard InChI is InChI=1S/C36H40N4O5S/c1-23-10-6-7-13-29(23)33(42)40-18-16-26-22-27(14-15-30(26)40)32-24(2)46-34(39-32)38-31(41)21-25-11-8-12-28(20-25)44-19-9-17-37-35(43)45-36(3,4)5/h6-8,10-15,20,22H,9,16-19,21H2,1-5H3,(H,37,43)(H,38,39,41). The Labute approximate surface area is 274 Å². The van der Waals surface area contributed by atoms with E-state index in [0.29, 0.717) is 37.0 Å². The van der Waals surface area contributed by atoms with E-state index in [1.54, 1.807) is 0 Å². The van der Waals surface area contributed by atoms with Crippen molar-refractivity contribution in [1.29, 1.82) is 0 Å². The molecule has 0 spiro atoms. The molecule has 0 unspecified atom stereocenters. The minimum absolute atomic E-state index is 0.0177. The lowest BCUT2D eigenvalue weighted by molar-refractivity contribution is -0.115. The van der Waals surface area contributed by atoms with Gasteiger partial charge >= 0.3 is 6.09 Å². The molecule has 1 aromatic heterocycles. The molecule has 5 rings (SSSR count). The van der Waals surface area contributed by atoms with Crippen LogP contribution in [0.25, 0.3) is 11.3 Å². The molecule has 9 nitrogen and oxygen atoms in total. The molecule has 240 valence electrons. The van der Waals surface area contributed by atoms with Gasteiger partial charge in [-0.05, 0) is 94.5 Å². The Morgan fingerprint density at radius 3 is 2.59 bits per heavy atom. The van der Waals surface area contributed by atoms with Crippen LogP contribution in [0.2, 0.25) is 0 Å². The maximum Gasteiger partial charge on any atom is 0.407 e. The summed E-state index contributed by atoms with van der Waals surface area (Å²) in [6, 6.07) is 21.2. The van der Waals surface area contributed by atoms with Crippen LogP contribution in [-0.2, 0) is 22.4 Å². The first-order chi connectivity index (χ1) is 22.0. The number of aryl methyl sites for hydroxylation is 2. The molecule has 0 radical (unpaired) electrons. The molecule has 46 heavy (non-hydrogen) atoms. The van der Waals surface area contributed by atoms with Gasteiger partial charge in [-0.3, -0.25) is 9.59 Å². The lowest BCUT2D eigenvalue weighted by Gasteiger charge is -2.19. The minimum atomic E-state index is -0.537. The van der Waals surface area contributed by atoms with Gasteiger partial charge in [0.15, 0.2) is 5.13 Å². The molecule has 4 aromatic rings. The molecule has 0 fully saturated rings. The van der Waals surface area contributed by atoms with Gasteiger partial charge in [-0.2, -0.15) is 0 Å². The third-order valence-electron chi connectivity index (χ3n) is 7.43. The highest BCUT2D eigenvalue weighted by Crippen LogP contribution is 2.36. The van der Waals surface area contributed by atoms with Crippen LogP contribution in [0.5, 0.6) is 5.75 Å². The molecule has 0 saturated carbocycles. The monoisotopic (exact) mass is 640 g/mol. The second-order valence-corrected chi connectivity index (χ2v) is 13.5. The predicted molar refractivity (Wildman–Crippen MR) is 182 cm³/mol. The van der Waals surface area contributed by atoms with Crippen LogP contribution >= 0.6 is 11.3 Å². The summed E-state index contributed by atoms with van der Waals surface area (Å²) >= 11 is 1.44. The molecule has 0 aliphatic carbocycles. The summed E-state index contributed by atoms with van der Waals surface area (Å²) in [5.74, 6) is 0.508. The third kappa shape index (κ3) is 8.31. The Morgan fingerprint density at radius 1 is 1.00 bits per heavy atom. The molecule has 0 bridgehead atoms. The maximum atomic E-state index is 13.3. The van der Waals surface area contributed by atoms with Crippen LogP contribution in [-0.4, -0.2) is 48.2 Å². The van der Waals surface area contributed by atoms with E-state index in [1.807, 2.05) is 100 Å². The van der Waals surface area contributed by atoms with E-state index in [1.165, 1.54) is 11.3 Å². The van der Waals surface area contributed by atoms with E-state index in [0.717, 1.165) is 50.5 Å². The number of alkyl carbamates (subject to hydrolysis) is 1. The van der Waals surface area contributed by atoms with Crippen molar-refractivity contribution in [3.63, 3.8) is 0 Å². The summed E-state index contributed by atoms with van der Waals surface area (Å²) < 4.78 is 11.0. The number of thiazole rings is 1. The SMILES string of the molecule is Cc1ccccc1C(=O)N1CCc2cc(-c3nc(NC(=O)Cc4cccc(OCCCNC(=O)OC(C)(C)C)c4)sc3C)ccc21. The molecule has 1 aliphatic heterocycles. The number of amides is 3. The summed E-state index contributed by atoms with van der Waals surface area (Å²) in [6.07, 6.45) is 1.12. The maximum absolute atomic E-state index is 13.3. The van der Waals surface area contributed by atoms with Gasteiger partial charge in [-0.25, -0.2) is 9.78 Å². The Bertz CT molecular complexity index is 1740. The number of benzene rings is 3. The minimum Gasteiger partial charge on any atom is -0.494 e. The van der Waals surface area contributed by atoms with Gasteiger partial charge < -0.3 is 25.0 Å². The average Bonchev–Trinajstić information content (AvgIpc) is 3.58. The van der Waals surface area contributed by atoms with Crippen molar-refractivity contribution < 1.29 is 23.9 Å². The van der Waals surface area contributed by atoms with Crippen molar-refractivity contribution in [2.24, 2.45) is 0 Å². The molecular weight excluding hydrogens is 600 g/mol. The zero-order chi connectivity index (χ0) is 32.8. The first kappa shape index (κ1) is 32.7. The van der Waals surface area contributed by atoms with Gasteiger partial charge in [-0.15, -0.1) is 11.3 Å². The van der Waals surface area contributed by atoms with Crippen LogP contribution in [0.15, 0.2) is 66.7 Å². The molecule has 3 amide bonds. The second-order valence-electron chi connectivity index (χ2n) is 12.3. The fourth-order valence-electron chi connectivity index (χ4n) is 5.30. The normalized spacial score (nSPS) is 12.4. The largest absolute Gasteiger partial charge is 0.494 e. The molecule has 10 heteroatoms. The quantitative estimate of drug-likeness (QED) is 0.179. The number of rotatable bonds is 10. The van der Waals surface area contributed by atoms with Crippen molar-refractivity contribution in [2.45, 2.75) is 59.5 Å². The van der Waals surface area contributed by atoms with Gasteiger partial charge in [0.1, 0.15) is 11.4 Å². The van der Waals surface area contributed by atoms with Crippen LogP contribution in [0.4, 0.5) is 15.6 Å². The molecule has 2 N–H and O–H groups in total. The van der Waals surface area contributed by atoms with Gasteiger partial charge in [0.05, 0.1) is 18.7 Å². The smallest absolute Gasteiger partial charge is 0.407 e. The number of anilines is 2. The summed E-state index contributed by atoms with van der Waals surface area (Å²) in [5, 5.41) is 6.20. The van der Waals surface area contributed by atoms with Crippen LogP contribution in [0, 0.1) is 13.8 Å². The zero-order valence-electron chi connectivity index (χ0n) is 26.9. The average molecular weight is 641 g/mol. The van der Waals surface area contributed by atoms with Crippen molar-refractivity contribution in [1.82, 2.24) is 10.3 Å². The van der Waals surface area contributed by atoms with Crippen LogP contribution in [0.3, 0.4) is 0 Å².